The van der Waals surface area contributed by atoms with Gasteiger partial charge in [0, 0.05) is 22.5 Å². The van der Waals surface area contributed by atoms with Crippen LogP contribution in [0.4, 0.5) is 17.1 Å². The van der Waals surface area contributed by atoms with Gasteiger partial charge in [0.05, 0.1) is 0 Å². The van der Waals surface area contributed by atoms with E-state index in [9.17, 15) is 0 Å². The molecule has 0 aliphatic heterocycles. The second-order valence-electron chi connectivity index (χ2n) is 15.0. The molecule has 9 aromatic rings. The highest BCUT2D eigenvalue weighted by molar-refractivity contribution is 5.97. The van der Waals surface area contributed by atoms with Crippen LogP contribution in [0.3, 0.4) is 0 Å². The molecule has 0 saturated carbocycles. The zero-order chi connectivity index (χ0) is 36.2. The topological polar surface area (TPSA) is 3.24 Å². The average molecular weight is 690 g/mol. The Hall–Kier alpha value is -6.70. The van der Waals surface area contributed by atoms with Crippen LogP contribution in [0.5, 0.6) is 0 Å². The number of hydrogen-bond donors (Lipinski definition) is 0. The number of hydrogen-bond acceptors (Lipinski definition) is 1. The molecule has 1 aliphatic carbocycles. The van der Waals surface area contributed by atoms with Gasteiger partial charge in [-0.3, -0.25) is 0 Å². The second-order valence-corrected chi connectivity index (χ2v) is 15.0. The van der Waals surface area contributed by atoms with Crippen molar-refractivity contribution in [3.05, 3.63) is 211 Å². The van der Waals surface area contributed by atoms with Crippen LogP contribution in [0.15, 0.2) is 200 Å². The molecule has 0 radical (unpaired) electrons. The molecule has 0 fully saturated rings. The van der Waals surface area contributed by atoms with Gasteiger partial charge in [-0.2, -0.15) is 0 Å². The minimum atomic E-state index is -0.0432. The Balaban J connectivity index is 1.05. The van der Waals surface area contributed by atoms with Crippen molar-refractivity contribution in [3.63, 3.8) is 0 Å². The van der Waals surface area contributed by atoms with E-state index in [0.717, 1.165) is 17.1 Å². The van der Waals surface area contributed by atoms with Gasteiger partial charge in [0.15, 0.2) is 0 Å². The van der Waals surface area contributed by atoms with Gasteiger partial charge in [-0.1, -0.05) is 166 Å². The first-order valence-electron chi connectivity index (χ1n) is 18.8. The van der Waals surface area contributed by atoms with Crippen LogP contribution in [0.25, 0.3) is 66.1 Å². The van der Waals surface area contributed by atoms with E-state index in [4.69, 9.17) is 0 Å². The van der Waals surface area contributed by atoms with Gasteiger partial charge in [-0.25, -0.2) is 0 Å². The first kappa shape index (κ1) is 32.0. The molecular formula is C53H39N. The van der Waals surface area contributed by atoms with Gasteiger partial charge in [-0.05, 0) is 126 Å². The van der Waals surface area contributed by atoms with Crippen molar-refractivity contribution in [3.8, 4) is 44.5 Å². The quantitative estimate of drug-likeness (QED) is 0.168. The van der Waals surface area contributed by atoms with Crippen LogP contribution in [0, 0.1) is 0 Å². The van der Waals surface area contributed by atoms with Crippen molar-refractivity contribution >= 4 is 38.6 Å². The van der Waals surface area contributed by atoms with Crippen LogP contribution >= 0.6 is 0 Å². The van der Waals surface area contributed by atoms with Crippen molar-refractivity contribution in [2.45, 2.75) is 19.3 Å². The molecule has 1 heteroatoms. The van der Waals surface area contributed by atoms with Gasteiger partial charge >= 0.3 is 0 Å². The molecule has 0 bridgehead atoms. The van der Waals surface area contributed by atoms with E-state index in [1.807, 2.05) is 0 Å². The summed E-state index contributed by atoms with van der Waals surface area (Å²) in [5.41, 5.74) is 16.0. The lowest BCUT2D eigenvalue weighted by Crippen LogP contribution is -2.15. The van der Waals surface area contributed by atoms with E-state index in [1.165, 1.54) is 77.2 Å². The van der Waals surface area contributed by atoms with Crippen LogP contribution in [-0.2, 0) is 5.41 Å². The highest BCUT2D eigenvalue weighted by atomic mass is 15.1. The molecule has 0 amide bonds. The van der Waals surface area contributed by atoms with E-state index in [1.54, 1.807) is 0 Å². The molecule has 0 saturated heterocycles. The highest BCUT2D eigenvalue weighted by Crippen LogP contribution is 2.50. The molecule has 0 atom stereocenters. The average Bonchev–Trinajstić information content (AvgIpc) is 3.46. The maximum atomic E-state index is 2.40. The first-order chi connectivity index (χ1) is 26.5. The molecule has 10 rings (SSSR count). The van der Waals surface area contributed by atoms with Crippen molar-refractivity contribution < 1.29 is 0 Å². The number of nitrogens with zero attached hydrogens (tertiary/aromatic N) is 1. The number of rotatable bonds is 6. The predicted molar refractivity (Wildman–Crippen MR) is 230 cm³/mol. The Morgan fingerprint density at radius 1 is 0.315 bits per heavy atom. The zero-order valence-electron chi connectivity index (χ0n) is 30.5. The van der Waals surface area contributed by atoms with Crippen LogP contribution in [0.2, 0.25) is 0 Å². The summed E-state index contributed by atoms with van der Waals surface area (Å²) >= 11 is 0. The lowest BCUT2D eigenvalue weighted by molar-refractivity contribution is 0.660. The Morgan fingerprint density at radius 2 is 0.852 bits per heavy atom. The van der Waals surface area contributed by atoms with Gasteiger partial charge in [0.1, 0.15) is 0 Å². The van der Waals surface area contributed by atoms with Crippen LogP contribution in [0.1, 0.15) is 25.0 Å². The largest absolute Gasteiger partial charge is 0.310 e. The first-order valence-corrected chi connectivity index (χ1v) is 18.8. The minimum Gasteiger partial charge on any atom is -0.310 e. The van der Waals surface area contributed by atoms with E-state index < -0.39 is 0 Å². The number of fused-ring (bicyclic) bond motifs is 5. The van der Waals surface area contributed by atoms with Crippen molar-refractivity contribution in [1.29, 1.82) is 0 Å². The summed E-state index contributed by atoms with van der Waals surface area (Å²) in [5, 5.41) is 5.04. The molecule has 256 valence electrons. The molecule has 0 N–H and O–H groups in total. The molecular weight excluding hydrogens is 651 g/mol. The molecule has 0 heterocycles. The summed E-state index contributed by atoms with van der Waals surface area (Å²) in [5.74, 6) is 0. The summed E-state index contributed by atoms with van der Waals surface area (Å²) in [6.45, 7) is 4.68. The van der Waals surface area contributed by atoms with Gasteiger partial charge in [-0.15, -0.1) is 0 Å². The van der Waals surface area contributed by atoms with Crippen molar-refractivity contribution in [2.75, 3.05) is 4.90 Å². The van der Waals surface area contributed by atoms with E-state index in [2.05, 4.69) is 219 Å². The normalized spacial score (nSPS) is 12.8. The SMILES string of the molecule is CC1(C)c2ccccc2-c2cc(N(c3ccc(-c4cccc(-c5ccc6ccccc6c5)c4)cc3)c3ccc(-c4cccc5ccccc45)cc3)ccc21. The number of benzene rings is 9. The standard InChI is InChI=1S/C53H39N/c1-53(2)51-20-8-7-18-49(51)50-35-46(31-32-52(50)53)54(45-29-25-39(26-30-45)48-19-10-14-38-12-5-6-17-47(38)48)44-27-23-37(24-28-44)41-15-9-16-42(33-41)43-22-21-36-11-3-4-13-40(36)34-43/h3-35H,1-2H3. The van der Waals surface area contributed by atoms with E-state index in [-0.39, 0.29) is 5.41 Å². The Kier molecular flexibility index (Phi) is 7.56. The summed E-state index contributed by atoms with van der Waals surface area (Å²) in [4.78, 5) is 2.40. The maximum Gasteiger partial charge on any atom is 0.0468 e. The fourth-order valence-electron chi connectivity index (χ4n) is 8.61. The molecule has 9 aromatic carbocycles. The molecule has 1 aliphatic rings. The molecule has 0 spiro atoms. The van der Waals surface area contributed by atoms with Gasteiger partial charge < -0.3 is 4.90 Å². The highest BCUT2D eigenvalue weighted by Gasteiger charge is 2.35. The van der Waals surface area contributed by atoms with E-state index in [0.29, 0.717) is 0 Å². The smallest absolute Gasteiger partial charge is 0.0468 e. The zero-order valence-corrected chi connectivity index (χ0v) is 30.5. The maximum absolute atomic E-state index is 2.40. The monoisotopic (exact) mass is 689 g/mol. The van der Waals surface area contributed by atoms with Gasteiger partial charge in [0.25, 0.3) is 0 Å². The van der Waals surface area contributed by atoms with Gasteiger partial charge in [0.2, 0.25) is 0 Å². The van der Waals surface area contributed by atoms with Crippen molar-refractivity contribution in [2.24, 2.45) is 0 Å². The Labute approximate surface area is 317 Å². The third kappa shape index (κ3) is 5.40. The second kappa shape index (κ2) is 12.8. The summed E-state index contributed by atoms with van der Waals surface area (Å²) < 4.78 is 0. The minimum absolute atomic E-state index is 0.0432. The predicted octanol–water partition coefficient (Wildman–Crippen LogP) is 14.8. The fraction of sp³-hybridized carbons (Fsp3) is 0.0566. The summed E-state index contributed by atoms with van der Waals surface area (Å²) in [6.07, 6.45) is 0. The Morgan fingerprint density at radius 3 is 1.65 bits per heavy atom. The van der Waals surface area contributed by atoms with Crippen LogP contribution in [-0.4, -0.2) is 0 Å². The lowest BCUT2D eigenvalue weighted by atomic mass is 9.82. The summed E-state index contributed by atoms with van der Waals surface area (Å²) in [7, 11) is 0. The third-order valence-electron chi connectivity index (χ3n) is 11.5. The molecule has 1 nitrogen and oxygen atoms in total. The number of anilines is 3. The third-order valence-corrected chi connectivity index (χ3v) is 11.5. The van der Waals surface area contributed by atoms with E-state index >= 15 is 0 Å². The fourth-order valence-corrected chi connectivity index (χ4v) is 8.61. The lowest BCUT2D eigenvalue weighted by Gasteiger charge is -2.27. The van der Waals surface area contributed by atoms with Crippen molar-refractivity contribution in [1.82, 2.24) is 0 Å². The van der Waals surface area contributed by atoms with Crippen LogP contribution < -0.4 is 4.90 Å². The summed E-state index contributed by atoms with van der Waals surface area (Å²) in [6, 6.07) is 73.4. The molecule has 54 heavy (non-hydrogen) atoms. The molecule has 0 unspecified atom stereocenters. The Bertz CT molecular complexity index is 2840. The molecule has 0 aromatic heterocycles.